The Balaban J connectivity index is 2.09. The van der Waals surface area contributed by atoms with Gasteiger partial charge in [0.05, 0.1) is 0 Å². The van der Waals surface area contributed by atoms with Gasteiger partial charge >= 0.3 is 0 Å². The molecule has 114 valence electrons. The van der Waals surface area contributed by atoms with Gasteiger partial charge in [-0.3, -0.25) is 4.79 Å². The highest BCUT2D eigenvalue weighted by atomic mass is 79.9. The number of hydrogen-bond donors (Lipinski definition) is 1. The molecule has 0 aromatic heterocycles. The lowest BCUT2D eigenvalue weighted by molar-refractivity contribution is -0.132. The molecule has 0 amide bonds. The molecule has 1 heterocycles. The summed E-state index contributed by atoms with van der Waals surface area (Å²) in [6.07, 6.45) is 0.197. The fourth-order valence-corrected chi connectivity index (χ4v) is 3.67. The third-order valence-electron chi connectivity index (χ3n) is 3.70. The van der Waals surface area contributed by atoms with Crippen LogP contribution in [0.25, 0.3) is 0 Å². The molecular weight excluding hydrogens is 389 g/mol. The lowest BCUT2D eigenvalue weighted by Gasteiger charge is -2.33. The summed E-state index contributed by atoms with van der Waals surface area (Å²) in [5, 5.41) is 4.30. The molecule has 0 radical (unpaired) electrons. The zero-order valence-electron chi connectivity index (χ0n) is 11.4. The van der Waals surface area contributed by atoms with Crippen molar-refractivity contribution in [3.8, 4) is 0 Å². The molecule has 0 spiro atoms. The van der Waals surface area contributed by atoms with Crippen LogP contribution in [0, 0.1) is 0 Å². The minimum atomic E-state index is -0.409. The van der Waals surface area contributed by atoms with Crippen LogP contribution in [0.2, 0.25) is 10.0 Å². The highest BCUT2D eigenvalue weighted by Gasteiger charge is 2.31. The molecule has 0 saturated heterocycles. The van der Waals surface area contributed by atoms with Crippen molar-refractivity contribution in [2.75, 3.05) is 5.32 Å². The van der Waals surface area contributed by atoms with Gasteiger partial charge in [-0.2, -0.15) is 0 Å². The van der Waals surface area contributed by atoms with E-state index in [0.29, 0.717) is 22.9 Å². The van der Waals surface area contributed by atoms with Crippen molar-refractivity contribution in [3.63, 3.8) is 0 Å². The van der Waals surface area contributed by atoms with Gasteiger partial charge in [-0.25, -0.2) is 0 Å². The van der Waals surface area contributed by atoms with Crippen molar-refractivity contribution in [1.82, 2.24) is 0 Å². The quantitative estimate of drug-likeness (QED) is 0.719. The maximum Gasteiger partial charge on any atom is 0.294 e. The zero-order chi connectivity index (χ0) is 15.7. The number of anilines is 1. The van der Waals surface area contributed by atoms with Gasteiger partial charge in [0, 0.05) is 38.1 Å². The molecule has 2 atom stereocenters. The number of nitrogens with one attached hydrogen (secondary N) is 1. The van der Waals surface area contributed by atoms with Crippen LogP contribution in [0.3, 0.4) is 0 Å². The summed E-state index contributed by atoms with van der Waals surface area (Å²) in [7, 11) is 0. The number of carbonyl (C=O) groups excluding carboxylic acids is 1. The normalized spacial score (nSPS) is 20.0. The Labute approximate surface area is 146 Å². The Bertz CT molecular complexity index is 706. The summed E-state index contributed by atoms with van der Waals surface area (Å²) in [5.74, 6) is 0.0269. The lowest BCUT2D eigenvalue weighted by atomic mass is 9.84. The third-order valence-corrected chi connectivity index (χ3v) is 4.76. The number of rotatable bonds is 3. The average Bonchev–Trinajstić information content (AvgIpc) is 2.47. The van der Waals surface area contributed by atoms with E-state index >= 15 is 0 Å². The summed E-state index contributed by atoms with van der Waals surface area (Å²) in [5.41, 5.74) is 2.87. The molecule has 0 aliphatic carbocycles. The Morgan fingerprint density at radius 3 is 2.64 bits per heavy atom. The van der Waals surface area contributed by atoms with Crippen LogP contribution in [0.15, 0.2) is 40.9 Å². The van der Waals surface area contributed by atoms with E-state index < -0.39 is 6.23 Å². The Morgan fingerprint density at radius 1 is 1.23 bits per heavy atom. The van der Waals surface area contributed by atoms with Gasteiger partial charge in [0.1, 0.15) is 0 Å². The van der Waals surface area contributed by atoms with Gasteiger partial charge in [-0.05, 0) is 29.8 Å². The molecule has 1 aliphatic heterocycles. The van der Waals surface area contributed by atoms with Gasteiger partial charge in [0.25, 0.3) is 6.47 Å². The van der Waals surface area contributed by atoms with Crippen molar-refractivity contribution in [3.05, 3.63) is 62.0 Å². The van der Waals surface area contributed by atoms with Crippen LogP contribution in [-0.2, 0) is 9.53 Å². The van der Waals surface area contributed by atoms with E-state index in [0.717, 1.165) is 21.3 Å². The standard InChI is InChI=1S/C16H12BrCl2NO2/c17-10-3-1-9(2-4-10)12-7-15(22-8-21)20-14-6-11(18)5-13(19)16(12)14/h1-6,8,12,15,20H,7H2. The van der Waals surface area contributed by atoms with E-state index in [1.54, 1.807) is 12.1 Å². The van der Waals surface area contributed by atoms with Gasteiger partial charge in [-0.1, -0.05) is 51.3 Å². The van der Waals surface area contributed by atoms with Gasteiger partial charge in [-0.15, -0.1) is 0 Å². The summed E-state index contributed by atoms with van der Waals surface area (Å²) in [4.78, 5) is 10.7. The molecule has 3 rings (SSSR count). The van der Waals surface area contributed by atoms with Crippen LogP contribution in [-0.4, -0.2) is 12.7 Å². The second-order valence-corrected chi connectivity index (χ2v) is 6.81. The highest BCUT2D eigenvalue weighted by molar-refractivity contribution is 9.10. The highest BCUT2D eigenvalue weighted by Crippen LogP contribution is 2.44. The number of fused-ring (bicyclic) bond motifs is 1. The van der Waals surface area contributed by atoms with Crippen LogP contribution in [0.5, 0.6) is 0 Å². The average molecular weight is 401 g/mol. The Kier molecular flexibility index (Phi) is 4.62. The number of hydrogen-bond acceptors (Lipinski definition) is 3. The molecule has 2 unspecified atom stereocenters. The molecule has 6 heteroatoms. The first-order valence-electron chi connectivity index (χ1n) is 6.68. The van der Waals surface area contributed by atoms with Crippen molar-refractivity contribution >= 4 is 51.3 Å². The number of ether oxygens (including phenoxy) is 1. The lowest BCUT2D eigenvalue weighted by Crippen LogP contribution is -2.31. The third kappa shape index (κ3) is 3.09. The van der Waals surface area contributed by atoms with E-state index in [2.05, 4.69) is 21.2 Å². The first-order valence-corrected chi connectivity index (χ1v) is 8.23. The zero-order valence-corrected chi connectivity index (χ0v) is 14.5. The summed E-state index contributed by atoms with van der Waals surface area (Å²) in [6, 6.07) is 11.6. The van der Waals surface area contributed by atoms with Crippen LogP contribution in [0.1, 0.15) is 23.5 Å². The molecule has 1 N–H and O–H groups in total. The van der Waals surface area contributed by atoms with Gasteiger partial charge in [0.2, 0.25) is 0 Å². The summed E-state index contributed by atoms with van der Waals surface area (Å²) in [6.45, 7) is 0.452. The molecule has 0 fully saturated rings. The van der Waals surface area contributed by atoms with E-state index in [-0.39, 0.29) is 5.92 Å². The topological polar surface area (TPSA) is 38.3 Å². The fraction of sp³-hybridized carbons (Fsp3) is 0.188. The minimum absolute atomic E-state index is 0.0269. The molecular formula is C16H12BrCl2NO2. The molecule has 0 bridgehead atoms. The molecule has 22 heavy (non-hydrogen) atoms. The molecule has 0 saturated carbocycles. The van der Waals surface area contributed by atoms with Crippen molar-refractivity contribution in [2.24, 2.45) is 0 Å². The van der Waals surface area contributed by atoms with E-state index in [4.69, 9.17) is 27.9 Å². The predicted molar refractivity (Wildman–Crippen MR) is 91.6 cm³/mol. The van der Waals surface area contributed by atoms with E-state index in [9.17, 15) is 4.79 Å². The molecule has 2 aromatic rings. The first-order chi connectivity index (χ1) is 10.6. The monoisotopic (exact) mass is 399 g/mol. The molecule has 3 nitrogen and oxygen atoms in total. The molecule has 1 aliphatic rings. The van der Waals surface area contributed by atoms with Crippen molar-refractivity contribution < 1.29 is 9.53 Å². The van der Waals surface area contributed by atoms with Crippen molar-refractivity contribution in [1.29, 1.82) is 0 Å². The number of carbonyl (C=O) groups is 1. The smallest absolute Gasteiger partial charge is 0.294 e. The van der Waals surface area contributed by atoms with E-state index in [1.807, 2.05) is 24.3 Å². The first kappa shape index (κ1) is 15.7. The summed E-state index contributed by atoms with van der Waals surface area (Å²) < 4.78 is 6.12. The van der Waals surface area contributed by atoms with Gasteiger partial charge < -0.3 is 10.1 Å². The largest absolute Gasteiger partial charge is 0.444 e. The Morgan fingerprint density at radius 2 is 1.95 bits per heavy atom. The predicted octanol–water partition coefficient (Wildman–Crippen LogP) is 5.20. The minimum Gasteiger partial charge on any atom is -0.444 e. The van der Waals surface area contributed by atoms with Crippen LogP contribution in [0.4, 0.5) is 5.69 Å². The second-order valence-electron chi connectivity index (χ2n) is 5.05. The fourth-order valence-electron chi connectivity index (χ4n) is 2.78. The van der Waals surface area contributed by atoms with Crippen LogP contribution < -0.4 is 5.32 Å². The second kappa shape index (κ2) is 6.49. The van der Waals surface area contributed by atoms with Crippen molar-refractivity contribution in [2.45, 2.75) is 18.6 Å². The summed E-state index contributed by atoms with van der Waals surface area (Å²) >= 11 is 15.9. The maximum absolute atomic E-state index is 10.7. The maximum atomic E-state index is 10.7. The van der Waals surface area contributed by atoms with Crippen LogP contribution >= 0.6 is 39.1 Å². The Hall–Kier alpha value is -1.23. The number of benzene rings is 2. The molecule has 2 aromatic carbocycles. The van der Waals surface area contributed by atoms with E-state index in [1.165, 1.54) is 0 Å². The van der Waals surface area contributed by atoms with Gasteiger partial charge in [0.15, 0.2) is 6.23 Å². The number of halogens is 3. The SMILES string of the molecule is O=COC1CC(c2ccc(Br)cc2)c2c(Cl)cc(Cl)cc2N1.